The standard InChI is InChI=1S/C42H34N2/c1-5-8-18-34(6-2)43-40-21-13-12-20-36(40)38-28-33(23-25-42(38)43)32-22-24-41-37(27-32)29(4)39(7-3)44(41)35-19-14-17-31(26-35)30-15-10-9-11-16-30/h5-28H,1,3H2,2,4H3/b18-8-,34-6+. The second-order valence-electron chi connectivity index (χ2n) is 11.1. The predicted octanol–water partition coefficient (Wildman–Crippen LogP) is 11.6. The number of hydrogen-bond donors (Lipinski definition) is 0. The summed E-state index contributed by atoms with van der Waals surface area (Å²) >= 11 is 0. The molecule has 212 valence electrons. The number of fused-ring (bicyclic) bond motifs is 4. The van der Waals surface area contributed by atoms with Crippen LogP contribution in [0.1, 0.15) is 18.2 Å². The van der Waals surface area contributed by atoms with Crippen LogP contribution in [0.5, 0.6) is 0 Å². The summed E-state index contributed by atoms with van der Waals surface area (Å²) in [6.45, 7) is 12.3. The van der Waals surface area contributed by atoms with Crippen molar-refractivity contribution in [1.82, 2.24) is 9.13 Å². The molecule has 5 aromatic carbocycles. The summed E-state index contributed by atoms with van der Waals surface area (Å²) in [6, 6.07) is 41.6. The molecule has 0 saturated heterocycles. The molecule has 7 aromatic rings. The average Bonchev–Trinajstić information content (AvgIpc) is 3.56. The molecule has 0 spiro atoms. The maximum atomic E-state index is 4.20. The molecule has 7 rings (SSSR count). The van der Waals surface area contributed by atoms with E-state index in [1.54, 1.807) is 0 Å². The minimum atomic E-state index is 1.12. The highest BCUT2D eigenvalue weighted by Gasteiger charge is 2.17. The minimum absolute atomic E-state index is 1.12. The van der Waals surface area contributed by atoms with Crippen LogP contribution >= 0.6 is 0 Å². The molecule has 2 heteroatoms. The van der Waals surface area contributed by atoms with Crippen molar-refractivity contribution in [3.63, 3.8) is 0 Å². The van der Waals surface area contributed by atoms with E-state index in [2.05, 4.69) is 164 Å². The fourth-order valence-electron chi connectivity index (χ4n) is 6.52. The van der Waals surface area contributed by atoms with Crippen LogP contribution in [-0.2, 0) is 0 Å². The number of para-hydroxylation sites is 1. The van der Waals surface area contributed by atoms with Crippen molar-refractivity contribution < 1.29 is 0 Å². The van der Waals surface area contributed by atoms with E-state index in [0.29, 0.717) is 0 Å². The first-order valence-electron chi connectivity index (χ1n) is 15.1. The number of aryl methyl sites for hydroxylation is 1. The molecule has 2 nitrogen and oxygen atoms in total. The summed E-state index contributed by atoms with van der Waals surface area (Å²) in [6.07, 6.45) is 10.0. The zero-order chi connectivity index (χ0) is 30.2. The van der Waals surface area contributed by atoms with Crippen molar-refractivity contribution in [2.45, 2.75) is 13.8 Å². The van der Waals surface area contributed by atoms with Gasteiger partial charge in [0.05, 0.1) is 16.6 Å². The van der Waals surface area contributed by atoms with Gasteiger partial charge in [-0.25, -0.2) is 0 Å². The third-order valence-electron chi connectivity index (χ3n) is 8.63. The Hall–Kier alpha value is -5.60. The Bertz CT molecular complexity index is 2270. The zero-order valence-electron chi connectivity index (χ0n) is 25.2. The Morgan fingerprint density at radius 1 is 0.614 bits per heavy atom. The number of rotatable bonds is 7. The van der Waals surface area contributed by atoms with Gasteiger partial charge in [0.1, 0.15) is 0 Å². The molecule has 44 heavy (non-hydrogen) atoms. The van der Waals surface area contributed by atoms with Gasteiger partial charge in [-0.15, -0.1) is 0 Å². The first kappa shape index (κ1) is 27.2. The highest BCUT2D eigenvalue weighted by atomic mass is 15.0. The van der Waals surface area contributed by atoms with Crippen molar-refractivity contribution in [3.05, 3.63) is 164 Å². The summed E-state index contributed by atoms with van der Waals surface area (Å²) in [5, 5.41) is 3.71. The van der Waals surface area contributed by atoms with Gasteiger partial charge in [0.15, 0.2) is 0 Å². The van der Waals surface area contributed by atoms with Crippen LogP contribution in [0.25, 0.3) is 72.4 Å². The number of allylic oxidation sites excluding steroid dienone is 5. The van der Waals surface area contributed by atoms with Gasteiger partial charge in [-0.3, -0.25) is 0 Å². The van der Waals surface area contributed by atoms with Gasteiger partial charge in [-0.05, 0) is 96.3 Å². The first-order valence-corrected chi connectivity index (χ1v) is 15.1. The highest BCUT2D eigenvalue weighted by Crippen LogP contribution is 2.38. The maximum Gasteiger partial charge on any atom is 0.0541 e. The molecule has 2 aromatic heterocycles. The molecule has 0 aliphatic rings. The van der Waals surface area contributed by atoms with Crippen LogP contribution in [0.15, 0.2) is 153 Å². The largest absolute Gasteiger partial charge is 0.310 e. The number of benzene rings is 5. The predicted molar refractivity (Wildman–Crippen MR) is 191 cm³/mol. The van der Waals surface area contributed by atoms with E-state index in [9.17, 15) is 0 Å². The zero-order valence-corrected chi connectivity index (χ0v) is 25.2. The second kappa shape index (κ2) is 11.2. The molecule has 0 fully saturated rings. The van der Waals surface area contributed by atoms with Crippen LogP contribution in [0.3, 0.4) is 0 Å². The Morgan fingerprint density at radius 3 is 2.02 bits per heavy atom. The number of hydrogen-bond acceptors (Lipinski definition) is 0. The molecule has 0 atom stereocenters. The van der Waals surface area contributed by atoms with E-state index in [0.717, 1.165) is 17.1 Å². The van der Waals surface area contributed by atoms with Crippen LogP contribution in [-0.4, -0.2) is 9.13 Å². The Morgan fingerprint density at radius 2 is 1.27 bits per heavy atom. The lowest BCUT2D eigenvalue weighted by Gasteiger charge is -2.12. The summed E-state index contributed by atoms with van der Waals surface area (Å²) in [7, 11) is 0. The minimum Gasteiger partial charge on any atom is -0.310 e. The van der Waals surface area contributed by atoms with Gasteiger partial charge >= 0.3 is 0 Å². The van der Waals surface area contributed by atoms with Crippen molar-refractivity contribution in [2.75, 3.05) is 0 Å². The first-order chi connectivity index (χ1) is 21.6. The topological polar surface area (TPSA) is 9.86 Å². The van der Waals surface area contributed by atoms with E-state index < -0.39 is 0 Å². The third kappa shape index (κ3) is 4.44. The van der Waals surface area contributed by atoms with Crippen LogP contribution in [0, 0.1) is 6.92 Å². The normalized spacial score (nSPS) is 12.1. The van der Waals surface area contributed by atoms with E-state index >= 15 is 0 Å². The third-order valence-corrected chi connectivity index (χ3v) is 8.63. The number of aromatic nitrogens is 2. The molecule has 0 aliphatic heterocycles. The van der Waals surface area contributed by atoms with Crippen LogP contribution in [0.2, 0.25) is 0 Å². The Labute approximate surface area is 258 Å². The highest BCUT2D eigenvalue weighted by molar-refractivity contribution is 6.11. The summed E-state index contributed by atoms with van der Waals surface area (Å²) < 4.78 is 4.67. The van der Waals surface area contributed by atoms with Gasteiger partial charge in [-0.1, -0.05) is 104 Å². The second-order valence-corrected chi connectivity index (χ2v) is 11.1. The lowest BCUT2D eigenvalue weighted by Crippen LogP contribution is -1.97. The fourth-order valence-corrected chi connectivity index (χ4v) is 6.52. The smallest absolute Gasteiger partial charge is 0.0541 e. The molecule has 2 heterocycles. The average molecular weight is 567 g/mol. The van der Waals surface area contributed by atoms with Gasteiger partial charge in [0.2, 0.25) is 0 Å². The lowest BCUT2D eigenvalue weighted by atomic mass is 10.0. The molecule has 0 unspecified atom stereocenters. The van der Waals surface area contributed by atoms with Gasteiger partial charge < -0.3 is 9.13 Å². The maximum absolute atomic E-state index is 4.20. The SMILES string of the molecule is C=C/C=C\C(=C/C)n1c2ccccc2c2cc(-c3ccc4c(c3)c(C)c(C=C)n4-c3cccc(-c4ccccc4)c3)ccc21. The van der Waals surface area contributed by atoms with Gasteiger partial charge in [0, 0.05) is 33.2 Å². The van der Waals surface area contributed by atoms with Crippen molar-refractivity contribution >= 4 is 44.5 Å². The molecule has 0 radical (unpaired) electrons. The Balaban J connectivity index is 1.38. The van der Waals surface area contributed by atoms with Crippen molar-refractivity contribution in [3.8, 4) is 27.9 Å². The van der Waals surface area contributed by atoms with Crippen molar-refractivity contribution in [2.24, 2.45) is 0 Å². The van der Waals surface area contributed by atoms with Gasteiger partial charge in [-0.2, -0.15) is 0 Å². The Kier molecular flexibility index (Phi) is 6.96. The summed E-state index contributed by atoms with van der Waals surface area (Å²) in [4.78, 5) is 0. The van der Waals surface area contributed by atoms with Gasteiger partial charge in [0.25, 0.3) is 0 Å². The molecule has 0 amide bonds. The van der Waals surface area contributed by atoms with E-state index in [1.165, 1.54) is 60.5 Å². The van der Waals surface area contributed by atoms with Crippen molar-refractivity contribution in [1.29, 1.82) is 0 Å². The van der Waals surface area contributed by atoms with Crippen LogP contribution in [0.4, 0.5) is 0 Å². The molecular formula is C42H34N2. The molecule has 0 saturated carbocycles. The molecule has 0 aliphatic carbocycles. The monoisotopic (exact) mass is 566 g/mol. The molecular weight excluding hydrogens is 532 g/mol. The summed E-state index contributed by atoms with van der Waals surface area (Å²) in [5.74, 6) is 0. The number of nitrogens with zero attached hydrogens (tertiary/aromatic N) is 2. The quantitative estimate of drug-likeness (QED) is 0.170. The summed E-state index contributed by atoms with van der Waals surface area (Å²) in [5.41, 5.74) is 13.0. The van der Waals surface area contributed by atoms with E-state index in [-0.39, 0.29) is 0 Å². The molecule has 0 bridgehead atoms. The van der Waals surface area contributed by atoms with E-state index in [1.807, 2.05) is 18.2 Å². The van der Waals surface area contributed by atoms with Crippen LogP contribution < -0.4 is 0 Å². The molecule has 0 N–H and O–H groups in total. The lowest BCUT2D eigenvalue weighted by molar-refractivity contribution is 1.10. The fraction of sp³-hybridized carbons (Fsp3) is 0.0476. The van der Waals surface area contributed by atoms with E-state index in [4.69, 9.17) is 0 Å².